The number of hydrogen-bond acceptors (Lipinski definition) is 5. The number of methoxy groups -OCH3 is 1. The lowest BCUT2D eigenvalue weighted by molar-refractivity contribution is 0.0997. The monoisotopic (exact) mass is 521 g/mol. The lowest BCUT2D eigenvalue weighted by Gasteiger charge is -2.34. The minimum atomic E-state index is -3.60. The number of amides is 1. The molecule has 2 aromatic carbocycles. The van der Waals surface area contributed by atoms with E-state index in [1.54, 1.807) is 17.5 Å². The maximum atomic E-state index is 13.2. The lowest BCUT2D eigenvalue weighted by atomic mass is 10.0. The van der Waals surface area contributed by atoms with E-state index in [-0.39, 0.29) is 10.9 Å². The van der Waals surface area contributed by atoms with Crippen LogP contribution in [0.2, 0.25) is 5.02 Å². The molecule has 182 valence electrons. The van der Waals surface area contributed by atoms with E-state index >= 15 is 0 Å². The number of hydrogen-bond donors (Lipinski definition) is 0. The first-order valence-electron chi connectivity index (χ1n) is 11.3. The fraction of sp³-hybridized carbons (Fsp3) is 0.417. The summed E-state index contributed by atoms with van der Waals surface area (Å²) in [5.74, 6) is -0.442. The van der Waals surface area contributed by atoms with Gasteiger partial charge in [-0.25, -0.2) is 8.42 Å². The van der Waals surface area contributed by atoms with E-state index in [1.807, 2.05) is 23.6 Å². The minimum Gasteiger partial charge on any atom is -0.383 e. The average molecular weight is 522 g/mol. The second-order valence-corrected chi connectivity index (χ2v) is 11.5. The van der Waals surface area contributed by atoms with Gasteiger partial charge in [-0.3, -0.25) is 4.79 Å². The molecule has 4 rings (SSSR count). The Morgan fingerprint density at radius 2 is 1.97 bits per heavy atom. The number of sulfonamides is 1. The maximum absolute atomic E-state index is 13.2. The van der Waals surface area contributed by atoms with Gasteiger partial charge in [0.2, 0.25) is 10.0 Å². The van der Waals surface area contributed by atoms with Crippen LogP contribution in [0.3, 0.4) is 0 Å². The topological polar surface area (TPSA) is 81.0 Å². The number of carbonyl (C=O) groups excluding carboxylic acids is 1. The van der Waals surface area contributed by atoms with Gasteiger partial charge in [-0.1, -0.05) is 42.3 Å². The first kappa shape index (κ1) is 25.1. The third-order valence-electron chi connectivity index (χ3n) is 6.12. The molecule has 1 unspecified atom stereocenters. The van der Waals surface area contributed by atoms with Gasteiger partial charge in [0.1, 0.15) is 0 Å². The summed E-state index contributed by atoms with van der Waals surface area (Å²) in [6.07, 6.45) is 3.59. The van der Waals surface area contributed by atoms with Gasteiger partial charge in [-0.05, 0) is 55.7 Å². The molecule has 1 atom stereocenters. The van der Waals surface area contributed by atoms with Crippen LogP contribution in [0.5, 0.6) is 0 Å². The van der Waals surface area contributed by atoms with Gasteiger partial charge in [0, 0.05) is 31.8 Å². The minimum absolute atomic E-state index is 0.0254. The van der Waals surface area contributed by atoms with E-state index in [0.29, 0.717) is 35.1 Å². The van der Waals surface area contributed by atoms with Gasteiger partial charge in [0.05, 0.1) is 26.7 Å². The third-order valence-corrected chi connectivity index (χ3v) is 9.43. The summed E-state index contributed by atoms with van der Waals surface area (Å²) >= 11 is 7.78. The van der Waals surface area contributed by atoms with Crippen LogP contribution < -0.4 is 4.80 Å². The van der Waals surface area contributed by atoms with Crippen molar-refractivity contribution in [3.05, 3.63) is 57.9 Å². The van der Waals surface area contributed by atoms with E-state index in [9.17, 15) is 13.2 Å². The molecule has 0 saturated carbocycles. The molecule has 1 amide bonds. The van der Waals surface area contributed by atoms with E-state index < -0.39 is 15.9 Å². The van der Waals surface area contributed by atoms with Crippen LogP contribution in [-0.2, 0) is 21.3 Å². The highest BCUT2D eigenvalue weighted by molar-refractivity contribution is 7.89. The first-order valence-corrected chi connectivity index (χ1v) is 14.0. The largest absolute Gasteiger partial charge is 0.383 e. The van der Waals surface area contributed by atoms with Crippen LogP contribution in [0.15, 0.2) is 52.4 Å². The second-order valence-electron chi connectivity index (χ2n) is 8.23. The standard InChI is InChI=1S/C24H28ClN3O4S2/c1-3-18-7-4-5-14-28(18)34(30,31)19-12-10-17(11-13-19)23(29)26-24-27(15-16-32-2)22-20(25)8-6-9-21(22)33-24/h6,8-13,18H,3-5,7,14-16H2,1-2H3. The Morgan fingerprint density at radius 3 is 2.68 bits per heavy atom. The number of rotatable bonds is 7. The van der Waals surface area contributed by atoms with Gasteiger partial charge < -0.3 is 9.30 Å². The van der Waals surface area contributed by atoms with E-state index in [4.69, 9.17) is 16.3 Å². The molecule has 3 aromatic rings. The zero-order valence-electron chi connectivity index (χ0n) is 19.2. The molecule has 0 bridgehead atoms. The number of halogens is 1. The molecule has 2 heterocycles. The highest BCUT2D eigenvalue weighted by Gasteiger charge is 2.32. The number of thiazole rings is 1. The number of para-hydroxylation sites is 1. The summed E-state index contributed by atoms with van der Waals surface area (Å²) in [6.45, 7) is 3.49. The van der Waals surface area contributed by atoms with Gasteiger partial charge in [-0.2, -0.15) is 9.30 Å². The van der Waals surface area contributed by atoms with E-state index in [1.165, 1.54) is 35.6 Å². The van der Waals surface area contributed by atoms with E-state index in [0.717, 1.165) is 35.9 Å². The Hall–Kier alpha value is -2.04. The van der Waals surface area contributed by atoms with Crippen LogP contribution in [0.4, 0.5) is 0 Å². The van der Waals surface area contributed by atoms with Crippen LogP contribution >= 0.6 is 22.9 Å². The Morgan fingerprint density at radius 1 is 1.21 bits per heavy atom. The fourth-order valence-electron chi connectivity index (χ4n) is 4.32. The van der Waals surface area contributed by atoms with Gasteiger partial charge in [0.25, 0.3) is 5.91 Å². The zero-order chi connectivity index (χ0) is 24.3. The predicted molar refractivity (Wildman–Crippen MR) is 135 cm³/mol. The predicted octanol–water partition coefficient (Wildman–Crippen LogP) is 4.70. The molecule has 0 aliphatic carbocycles. The molecular formula is C24H28ClN3O4S2. The third kappa shape index (κ3) is 4.99. The molecule has 0 radical (unpaired) electrons. The van der Waals surface area contributed by atoms with Crippen molar-refractivity contribution < 1.29 is 17.9 Å². The summed E-state index contributed by atoms with van der Waals surface area (Å²) < 4.78 is 36.0. The molecule has 1 saturated heterocycles. The van der Waals surface area contributed by atoms with Crippen LogP contribution in [0.25, 0.3) is 10.2 Å². The summed E-state index contributed by atoms with van der Waals surface area (Å²) in [5.41, 5.74) is 1.14. The van der Waals surface area contributed by atoms with Crippen molar-refractivity contribution in [3.63, 3.8) is 0 Å². The van der Waals surface area contributed by atoms with Crippen molar-refractivity contribution >= 4 is 49.1 Å². The van der Waals surface area contributed by atoms with Crippen molar-refractivity contribution in [3.8, 4) is 0 Å². The molecule has 0 N–H and O–H groups in total. The molecule has 1 fully saturated rings. The number of ether oxygens (including phenoxy) is 1. The van der Waals surface area contributed by atoms with Crippen molar-refractivity contribution in [1.29, 1.82) is 0 Å². The van der Waals surface area contributed by atoms with Crippen LogP contribution in [0, 0.1) is 0 Å². The van der Waals surface area contributed by atoms with Crippen LogP contribution in [-0.4, -0.2) is 49.5 Å². The second kappa shape index (κ2) is 10.7. The first-order chi connectivity index (χ1) is 16.4. The number of aromatic nitrogens is 1. The van der Waals surface area contributed by atoms with Crippen molar-refractivity contribution in [2.24, 2.45) is 4.99 Å². The summed E-state index contributed by atoms with van der Waals surface area (Å²) in [4.78, 5) is 18.0. The van der Waals surface area contributed by atoms with Crippen molar-refractivity contribution in [2.45, 2.75) is 50.1 Å². The Labute approximate surface area is 208 Å². The highest BCUT2D eigenvalue weighted by Crippen LogP contribution is 2.28. The maximum Gasteiger partial charge on any atom is 0.279 e. The molecule has 0 spiro atoms. The molecule has 34 heavy (non-hydrogen) atoms. The highest BCUT2D eigenvalue weighted by atomic mass is 35.5. The van der Waals surface area contributed by atoms with Crippen molar-refractivity contribution in [1.82, 2.24) is 8.87 Å². The normalized spacial score (nSPS) is 18.0. The summed E-state index contributed by atoms with van der Waals surface area (Å²) in [6, 6.07) is 11.7. The van der Waals surface area contributed by atoms with Gasteiger partial charge in [-0.15, -0.1) is 0 Å². The molecule has 1 aliphatic heterocycles. The SMILES string of the molecule is CCC1CCCCN1S(=O)(=O)c1ccc(C(=O)N=c2sc3cccc(Cl)c3n2CCOC)cc1. The Balaban J connectivity index is 1.65. The smallest absolute Gasteiger partial charge is 0.279 e. The zero-order valence-corrected chi connectivity index (χ0v) is 21.6. The lowest BCUT2D eigenvalue weighted by Crippen LogP contribution is -2.43. The summed E-state index contributed by atoms with van der Waals surface area (Å²) in [7, 11) is -1.99. The average Bonchev–Trinajstić information content (AvgIpc) is 3.20. The van der Waals surface area contributed by atoms with Gasteiger partial charge >= 0.3 is 0 Å². The van der Waals surface area contributed by atoms with Crippen LogP contribution in [0.1, 0.15) is 43.0 Å². The molecule has 1 aromatic heterocycles. The Kier molecular flexibility index (Phi) is 7.89. The fourth-order valence-corrected chi connectivity index (χ4v) is 7.50. The molecule has 1 aliphatic rings. The van der Waals surface area contributed by atoms with E-state index in [2.05, 4.69) is 4.99 Å². The number of benzene rings is 2. The number of fused-ring (bicyclic) bond motifs is 1. The molecule has 10 heteroatoms. The van der Waals surface area contributed by atoms with Crippen molar-refractivity contribution in [2.75, 3.05) is 20.3 Å². The number of carbonyl (C=O) groups is 1. The summed E-state index contributed by atoms with van der Waals surface area (Å²) in [5, 5.41) is 0.580. The molecule has 7 nitrogen and oxygen atoms in total. The quantitative estimate of drug-likeness (QED) is 0.451. The molecular weight excluding hydrogens is 494 g/mol. The number of nitrogens with zero attached hydrogens (tertiary/aromatic N) is 3. The number of piperidine rings is 1. The Bertz CT molecular complexity index is 1350. The van der Waals surface area contributed by atoms with Gasteiger partial charge in [0.15, 0.2) is 4.80 Å².